The SMILES string of the molecule is C=C/C(=C\C=N)c1ccc2c(c1)Oc1cc(-c3cccc(-n4c(C=C(C)C)c(C=C)c5ccccc54)c3)cc3c1B2c1ccc(-c2ccncc2)cc1O3. The fraction of sp³-hybridized carbons (Fsp3) is 0.0417. The minimum atomic E-state index is -0.0995. The van der Waals surface area contributed by atoms with E-state index in [1.165, 1.54) is 11.8 Å². The molecule has 0 spiro atoms. The largest absolute Gasteiger partial charge is 0.458 e. The Morgan fingerprint density at radius 3 is 2.15 bits per heavy atom. The highest BCUT2D eigenvalue weighted by Crippen LogP contribution is 2.41. The van der Waals surface area contributed by atoms with Crippen molar-refractivity contribution in [3.8, 4) is 50.9 Å². The molecule has 9 rings (SSSR count). The molecule has 2 aliphatic rings. The number of nitrogens with one attached hydrogen (secondary N) is 1. The van der Waals surface area contributed by atoms with Gasteiger partial charge in [0.2, 0.25) is 0 Å². The number of para-hydroxylation sites is 1. The summed E-state index contributed by atoms with van der Waals surface area (Å²) in [6.07, 6.45) is 12.6. The van der Waals surface area contributed by atoms with Crippen molar-refractivity contribution in [3.63, 3.8) is 0 Å². The Morgan fingerprint density at radius 2 is 1.43 bits per heavy atom. The predicted molar refractivity (Wildman–Crippen MR) is 226 cm³/mol. The van der Waals surface area contributed by atoms with Gasteiger partial charge in [0.15, 0.2) is 0 Å². The zero-order valence-electron chi connectivity index (χ0n) is 30.1. The molecule has 0 amide bonds. The number of rotatable bonds is 8. The highest BCUT2D eigenvalue weighted by atomic mass is 16.5. The molecular formula is C48H36BN3O2. The molecule has 0 fully saturated rings. The van der Waals surface area contributed by atoms with E-state index in [0.717, 1.165) is 101 Å². The number of nitrogens with zero attached hydrogens (tertiary/aromatic N) is 2. The first kappa shape index (κ1) is 33.0. The van der Waals surface area contributed by atoms with E-state index in [2.05, 4.69) is 140 Å². The van der Waals surface area contributed by atoms with Crippen molar-refractivity contribution in [1.82, 2.24) is 9.55 Å². The topological polar surface area (TPSA) is 60.1 Å². The van der Waals surface area contributed by atoms with Crippen LogP contribution < -0.4 is 25.9 Å². The highest BCUT2D eigenvalue weighted by molar-refractivity contribution is 6.98. The van der Waals surface area contributed by atoms with E-state index in [9.17, 15) is 0 Å². The van der Waals surface area contributed by atoms with Crippen LogP contribution in [0.15, 0.2) is 152 Å². The Hall–Kier alpha value is -6.92. The molecule has 6 heteroatoms. The lowest BCUT2D eigenvalue weighted by molar-refractivity contribution is 0.465. The molecule has 2 aromatic heterocycles. The molecule has 0 atom stereocenters. The molecule has 0 saturated carbocycles. The smallest absolute Gasteiger partial charge is 0.260 e. The van der Waals surface area contributed by atoms with Crippen LogP contribution in [-0.4, -0.2) is 22.5 Å². The van der Waals surface area contributed by atoms with Crippen LogP contribution in [-0.2, 0) is 0 Å². The minimum absolute atomic E-state index is 0.0995. The van der Waals surface area contributed by atoms with Crippen LogP contribution >= 0.6 is 0 Å². The molecule has 1 N–H and O–H groups in total. The lowest BCUT2D eigenvalue weighted by atomic mass is 9.34. The van der Waals surface area contributed by atoms with Crippen molar-refractivity contribution in [2.24, 2.45) is 0 Å². The van der Waals surface area contributed by atoms with Crippen LogP contribution in [0.4, 0.5) is 0 Å². The van der Waals surface area contributed by atoms with E-state index < -0.39 is 0 Å². The van der Waals surface area contributed by atoms with Crippen molar-refractivity contribution in [2.75, 3.05) is 0 Å². The molecule has 0 saturated heterocycles. The van der Waals surface area contributed by atoms with Gasteiger partial charge in [-0.25, -0.2) is 0 Å². The maximum atomic E-state index is 7.69. The van der Waals surface area contributed by atoms with Crippen molar-refractivity contribution >= 4 is 57.9 Å². The Labute approximate surface area is 315 Å². The van der Waals surface area contributed by atoms with Crippen LogP contribution in [0.5, 0.6) is 23.0 Å². The van der Waals surface area contributed by atoms with Crippen molar-refractivity contribution < 1.29 is 9.47 Å². The molecule has 5 aromatic carbocycles. The summed E-state index contributed by atoms with van der Waals surface area (Å²) < 4.78 is 16.0. The second-order valence-corrected chi connectivity index (χ2v) is 13.9. The van der Waals surface area contributed by atoms with Gasteiger partial charge in [-0.2, -0.15) is 0 Å². The van der Waals surface area contributed by atoms with Crippen LogP contribution in [0.3, 0.4) is 0 Å². The first-order chi connectivity index (χ1) is 26.4. The van der Waals surface area contributed by atoms with Crippen molar-refractivity contribution in [2.45, 2.75) is 13.8 Å². The average molecular weight is 698 g/mol. The number of fused-ring (bicyclic) bond motifs is 5. The standard InChI is InChI=1S/C48H36BN3O2/c1-5-31(18-21-50)34-14-16-40-44(26-34)53-46-28-36(29-47-48(46)49(40)41-17-15-35(27-45(41)54-47)32-19-22-51-23-20-32)33-10-9-11-37(25-33)52-42-13-8-7-12-39(42)38(6-2)43(52)24-30(3)4/h5-29,50H,1-2H2,3-4H3/b31-18+,50-21?. The molecule has 7 aromatic rings. The van der Waals surface area contributed by atoms with Crippen molar-refractivity contribution in [1.29, 1.82) is 5.41 Å². The third-order valence-electron chi connectivity index (χ3n) is 10.3. The van der Waals surface area contributed by atoms with Crippen LogP contribution in [0, 0.1) is 5.41 Å². The van der Waals surface area contributed by atoms with Crippen LogP contribution in [0.2, 0.25) is 0 Å². The molecule has 258 valence electrons. The van der Waals surface area contributed by atoms with Gasteiger partial charge in [-0.1, -0.05) is 85.5 Å². The summed E-state index contributed by atoms with van der Waals surface area (Å²) in [5.41, 5.74) is 14.7. The zero-order chi connectivity index (χ0) is 36.9. The summed E-state index contributed by atoms with van der Waals surface area (Å²) in [6, 6.07) is 38.2. The number of benzene rings is 5. The Bertz CT molecular complexity index is 2750. The third-order valence-corrected chi connectivity index (χ3v) is 10.3. The van der Waals surface area contributed by atoms with Gasteiger partial charge in [0.05, 0.1) is 11.2 Å². The third kappa shape index (κ3) is 5.43. The van der Waals surface area contributed by atoms with E-state index >= 15 is 0 Å². The fourth-order valence-electron chi connectivity index (χ4n) is 7.95. The van der Waals surface area contributed by atoms with Gasteiger partial charge in [-0.15, -0.1) is 0 Å². The Morgan fingerprint density at radius 1 is 0.722 bits per heavy atom. The lowest BCUT2D eigenvalue weighted by Gasteiger charge is -2.34. The summed E-state index contributed by atoms with van der Waals surface area (Å²) in [4.78, 5) is 4.22. The predicted octanol–water partition coefficient (Wildman–Crippen LogP) is 10.4. The van der Waals surface area contributed by atoms with Gasteiger partial charge in [0, 0.05) is 40.7 Å². The average Bonchev–Trinajstić information content (AvgIpc) is 3.51. The monoisotopic (exact) mass is 697 g/mol. The summed E-state index contributed by atoms with van der Waals surface area (Å²) in [5.74, 6) is 3.11. The number of pyridine rings is 1. The summed E-state index contributed by atoms with van der Waals surface area (Å²) in [7, 11) is 0. The molecule has 0 unspecified atom stereocenters. The molecule has 5 nitrogen and oxygen atoms in total. The molecule has 2 aliphatic heterocycles. The zero-order valence-corrected chi connectivity index (χ0v) is 30.1. The van der Waals surface area contributed by atoms with Gasteiger partial charge in [0.1, 0.15) is 23.0 Å². The number of hydrogen-bond donors (Lipinski definition) is 1. The number of hydrogen-bond acceptors (Lipinski definition) is 4. The van der Waals surface area contributed by atoms with Gasteiger partial charge in [-0.05, 0) is 125 Å². The van der Waals surface area contributed by atoms with E-state index in [1.54, 1.807) is 12.2 Å². The second-order valence-electron chi connectivity index (χ2n) is 13.9. The van der Waals surface area contributed by atoms with E-state index in [1.807, 2.05) is 30.6 Å². The Kier molecular flexibility index (Phi) is 8.09. The van der Waals surface area contributed by atoms with Gasteiger partial charge in [0.25, 0.3) is 6.71 Å². The maximum absolute atomic E-state index is 7.69. The van der Waals surface area contributed by atoms with Gasteiger partial charge < -0.3 is 19.5 Å². The molecule has 0 aliphatic carbocycles. The molecule has 0 radical (unpaired) electrons. The first-order valence-electron chi connectivity index (χ1n) is 18.0. The maximum Gasteiger partial charge on any atom is 0.260 e. The van der Waals surface area contributed by atoms with Crippen LogP contribution in [0.1, 0.15) is 30.7 Å². The summed E-state index contributed by atoms with van der Waals surface area (Å²) in [6.45, 7) is 12.3. The van der Waals surface area contributed by atoms with Gasteiger partial charge >= 0.3 is 0 Å². The van der Waals surface area contributed by atoms with Crippen LogP contribution in [0.25, 0.3) is 56.6 Å². The molecule has 0 bridgehead atoms. The minimum Gasteiger partial charge on any atom is -0.458 e. The Balaban J connectivity index is 1.23. The van der Waals surface area contributed by atoms with E-state index in [4.69, 9.17) is 14.9 Å². The van der Waals surface area contributed by atoms with Gasteiger partial charge in [-0.3, -0.25) is 4.98 Å². The van der Waals surface area contributed by atoms with Crippen molar-refractivity contribution in [3.05, 3.63) is 169 Å². The summed E-state index contributed by atoms with van der Waals surface area (Å²) >= 11 is 0. The normalized spacial score (nSPS) is 12.5. The number of allylic oxidation sites excluding steroid dienone is 4. The highest BCUT2D eigenvalue weighted by Gasteiger charge is 2.40. The lowest BCUT2D eigenvalue weighted by Crippen LogP contribution is -2.57. The molecular weight excluding hydrogens is 661 g/mol. The second kappa shape index (κ2) is 13.2. The summed E-state index contributed by atoms with van der Waals surface area (Å²) in [5, 5.41) is 8.85. The van der Waals surface area contributed by atoms with E-state index in [-0.39, 0.29) is 6.71 Å². The van der Waals surface area contributed by atoms with E-state index in [0.29, 0.717) is 0 Å². The first-order valence-corrected chi connectivity index (χ1v) is 18.0. The molecule has 4 heterocycles. The molecule has 54 heavy (non-hydrogen) atoms. The quantitative estimate of drug-likeness (QED) is 0.0977. The number of ether oxygens (including phenoxy) is 2. The fourth-order valence-corrected chi connectivity index (χ4v) is 7.95. The number of aromatic nitrogens is 2.